The number of aryl methyl sites for hydroxylation is 1. The van der Waals surface area contributed by atoms with E-state index >= 15 is 0 Å². The van der Waals surface area contributed by atoms with Gasteiger partial charge in [0.05, 0.1) is 23.9 Å². The molecule has 0 atom stereocenters. The lowest BCUT2D eigenvalue weighted by Gasteiger charge is -2.22. The number of hydrogen-bond acceptors (Lipinski definition) is 9. The smallest absolute Gasteiger partial charge is 0.253 e. The number of likely N-dealkylation sites (N-methyl/N-ethyl adjacent to an activating group) is 1. The highest BCUT2D eigenvalue weighted by atomic mass is 32.1. The van der Waals surface area contributed by atoms with E-state index in [1.165, 1.54) is 52.5 Å². The molecule has 3 aromatic rings. The zero-order valence-electron chi connectivity index (χ0n) is 24.8. The number of carbonyl (C=O) groups excluding carboxylic acids is 1. The van der Waals surface area contributed by atoms with Crippen molar-refractivity contribution in [2.45, 2.75) is 64.2 Å². The molecule has 0 bridgehead atoms. The minimum atomic E-state index is 0.0929. The maximum absolute atomic E-state index is 12.2. The molecule has 1 amide bonds. The average Bonchev–Trinajstić information content (AvgIpc) is 3.48. The van der Waals surface area contributed by atoms with Crippen LogP contribution in [-0.2, 0) is 22.4 Å². The van der Waals surface area contributed by atoms with Crippen LogP contribution in [0.1, 0.15) is 68.3 Å². The fourth-order valence-electron chi connectivity index (χ4n) is 5.66. The highest BCUT2D eigenvalue weighted by Crippen LogP contribution is 2.33. The number of rotatable bonds is 16. The van der Waals surface area contributed by atoms with Crippen LogP contribution in [0.4, 0.5) is 5.69 Å². The minimum Gasteiger partial charge on any atom is -0.475 e. The zero-order chi connectivity index (χ0) is 29.0. The van der Waals surface area contributed by atoms with Gasteiger partial charge in [0.2, 0.25) is 5.91 Å². The molecule has 10 heteroatoms. The van der Waals surface area contributed by atoms with E-state index in [1.54, 1.807) is 0 Å². The fourth-order valence-corrected chi connectivity index (χ4v) is 6.19. The van der Waals surface area contributed by atoms with Gasteiger partial charge in [-0.05, 0) is 75.6 Å². The monoisotopic (exact) mass is 592 g/mol. The Balaban J connectivity index is 0.895. The molecule has 0 radical (unpaired) electrons. The van der Waals surface area contributed by atoms with Crippen molar-refractivity contribution in [3.05, 3.63) is 47.3 Å². The Morgan fingerprint density at radius 2 is 1.88 bits per heavy atom. The summed E-state index contributed by atoms with van der Waals surface area (Å²) in [4.78, 5) is 19.4. The molecule has 2 N–H and O–H groups in total. The molecule has 2 aliphatic rings. The van der Waals surface area contributed by atoms with E-state index in [2.05, 4.69) is 61.7 Å². The maximum atomic E-state index is 12.2. The van der Waals surface area contributed by atoms with Gasteiger partial charge in [0.15, 0.2) is 0 Å². The van der Waals surface area contributed by atoms with Gasteiger partial charge in [0, 0.05) is 69.0 Å². The number of unbranched alkanes of at least 4 members (excludes halogenated alkanes) is 1. The molecule has 1 aliphatic carbocycles. The van der Waals surface area contributed by atoms with Crippen LogP contribution in [0.25, 0.3) is 16.5 Å². The second-order valence-electron chi connectivity index (χ2n) is 11.2. The number of ether oxygens (including phenoxy) is 2. The molecule has 0 unspecified atom stereocenters. The van der Waals surface area contributed by atoms with Crippen molar-refractivity contribution in [3.63, 3.8) is 0 Å². The third-order valence-corrected chi connectivity index (χ3v) is 8.38. The third-order valence-electron chi connectivity index (χ3n) is 7.87. The van der Waals surface area contributed by atoms with Crippen molar-refractivity contribution in [1.29, 1.82) is 0 Å². The third kappa shape index (κ3) is 8.49. The van der Waals surface area contributed by atoms with E-state index in [0.29, 0.717) is 38.7 Å². The number of pyridine rings is 1. The molecule has 0 saturated heterocycles. The van der Waals surface area contributed by atoms with E-state index in [1.807, 2.05) is 0 Å². The van der Waals surface area contributed by atoms with Crippen LogP contribution in [0, 0.1) is 0 Å². The number of nitrogens with zero attached hydrogens (tertiary/aromatic N) is 4. The van der Waals surface area contributed by atoms with Crippen LogP contribution in [-0.4, -0.2) is 77.6 Å². The lowest BCUT2D eigenvalue weighted by Crippen LogP contribution is -2.25. The number of nitrogens with one attached hydrogen (secondary N) is 2. The molecule has 42 heavy (non-hydrogen) atoms. The number of anilines is 1. The normalized spacial score (nSPS) is 15.3. The van der Waals surface area contributed by atoms with Gasteiger partial charge in [0.1, 0.15) is 5.69 Å². The SMILES string of the molecule is CN1CCC=C(c2nsnc2OCCCOCCCC(=O)NCCCCNc2c3c(nc4ccccc24)CCCC3)C1. The maximum Gasteiger partial charge on any atom is 0.253 e. The summed E-state index contributed by atoms with van der Waals surface area (Å²) in [5.74, 6) is 0.717. The largest absolute Gasteiger partial charge is 0.475 e. The van der Waals surface area contributed by atoms with Crippen LogP contribution >= 0.6 is 11.7 Å². The van der Waals surface area contributed by atoms with Crippen LogP contribution in [0.15, 0.2) is 30.3 Å². The molecular weight excluding hydrogens is 548 g/mol. The van der Waals surface area contributed by atoms with E-state index in [9.17, 15) is 4.79 Å². The molecule has 3 heterocycles. The Hall–Kier alpha value is -3.08. The van der Waals surface area contributed by atoms with Crippen molar-refractivity contribution in [2.75, 3.05) is 58.4 Å². The molecule has 0 spiro atoms. The fraction of sp³-hybridized carbons (Fsp3) is 0.562. The van der Waals surface area contributed by atoms with Gasteiger partial charge in [-0.1, -0.05) is 24.3 Å². The van der Waals surface area contributed by atoms with E-state index < -0.39 is 0 Å². The average molecular weight is 593 g/mol. The predicted molar refractivity (Wildman–Crippen MR) is 169 cm³/mol. The highest BCUT2D eigenvalue weighted by molar-refractivity contribution is 6.99. The second-order valence-corrected chi connectivity index (χ2v) is 11.7. The van der Waals surface area contributed by atoms with Gasteiger partial charge in [-0.3, -0.25) is 9.78 Å². The van der Waals surface area contributed by atoms with Crippen LogP contribution in [0.2, 0.25) is 0 Å². The quantitative estimate of drug-likeness (QED) is 0.217. The summed E-state index contributed by atoms with van der Waals surface area (Å²) in [5, 5.41) is 7.97. The first-order valence-electron chi connectivity index (χ1n) is 15.5. The topological polar surface area (TPSA) is 102 Å². The van der Waals surface area contributed by atoms with Crippen LogP contribution in [0.3, 0.4) is 0 Å². The van der Waals surface area contributed by atoms with Crippen molar-refractivity contribution in [3.8, 4) is 5.88 Å². The summed E-state index contributed by atoms with van der Waals surface area (Å²) in [6.45, 7) is 5.25. The minimum absolute atomic E-state index is 0.0929. The highest BCUT2D eigenvalue weighted by Gasteiger charge is 2.19. The summed E-state index contributed by atoms with van der Waals surface area (Å²) in [6.07, 6.45) is 11.8. The van der Waals surface area contributed by atoms with E-state index in [4.69, 9.17) is 14.5 Å². The first kappa shape index (κ1) is 30.4. The molecule has 0 saturated carbocycles. The summed E-state index contributed by atoms with van der Waals surface area (Å²) in [6, 6.07) is 8.43. The van der Waals surface area contributed by atoms with Gasteiger partial charge in [-0.25, -0.2) is 0 Å². The molecule has 226 valence electrons. The number of carbonyl (C=O) groups is 1. The number of para-hydroxylation sites is 1. The van der Waals surface area contributed by atoms with Gasteiger partial charge in [0.25, 0.3) is 5.88 Å². The van der Waals surface area contributed by atoms with Crippen molar-refractivity contribution in [1.82, 2.24) is 23.9 Å². The summed E-state index contributed by atoms with van der Waals surface area (Å²) in [7, 11) is 2.12. The number of aromatic nitrogens is 3. The van der Waals surface area contributed by atoms with Gasteiger partial charge < -0.3 is 25.0 Å². The zero-order valence-corrected chi connectivity index (χ0v) is 25.6. The Bertz CT molecular complexity index is 1340. The number of benzene rings is 1. The number of amides is 1. The second kappa shape index (κ2) is 16.0. The Morgan fingerprint density at radius 1 is 1.02 bits per heavy atom. The van der Waals surface area contributed by atoms with Gasteiger partial charge in [-0.15, -0.1) is 4.37 Å². The number of hydrogen-bond donors (Lipinski definition) is 2. The molecule has 0 fully saturated rings. The van der Waals surface area contributed by atoms with Crippen LogP contribution in [0.5, 0.6) is 5.88 Å². The Morgan fingerprint density at radius 3 is 2.81 bits per heavy atom. The lowest BCUT2D eigenvalue weighted by molar-refractivity contribution is -0.121. The lowest BCUT2D eigenvalue weighted by atomic mass is 9.92. The molecule has 9 nitrogen and oxygen atoms in total. The molecule has 5 rings (SSSR count). The Labute approximate surface area is 253 Å². The van der Waals surface area contributed by atoms with E-state index in [0.717, 1.165) is 75.8 Å². The van der Waals surface area contributed by atoms with Crippen molar-refractivity contribution < 1.29 is 14.3 Å². The first-order chi connectivity index (χ1) is 20.7. The standard InChI is InChI=1S/C32H44N6O3S/c1-38-19-8-11-24(23-38)30-32(37-42-36-30)41-22-10-21-40-20-9-16-29(39)33-17-6-7-18-34-31-25-12-2-4-14-27(25)35-28-15-5-3-13-26(28)31/h2,4,11-12,14H,3,5-10,13,15-23H2,1H3,(H,33,39)(H,34,35). The summed E-state index contributed by atoms with van der Waals surface area (Å²) in [5.41, 5.74) is 7.06. The molecule has 2 aromatic heterocycles. The predicted octanol–water partition coefficient (Wildman–Crippen LogP) is 5.26. The first-order valence-corrected chi connectivity index (χ1v) is 16.2. The Kier molecular flexibility index (Phi) is 11.5. The van der Waals surface area contributed by atoms with E-state index in [-0.39, 0.29) is 5.91 Å². The van der Waals surface area contributed by atoms with Gasteiger partial charge in [-0.2, -0.15) is 4.37 Å². The summed E-state index contributed by atoms with van der Waals surface area (Å²) < 4.78 is 20.3. The van der Waals surface area contributed by atoms with Gasteiger partial charge >= 0.3 is 0 Å². The molecule has 1 aliphatic heterocycles. The van der Waals surface area contributed by atoms with Crippen molar-refractivity contribution in [2.24, 2.45) is 0 Å². The summed E-state index contributed by atoms with van der Waals surface area (Å²) >= 11 is 1.19. The molecule has 1 aromatic carbocycles. The molecular formula is C32H44N6O3S. The van der Waals surface area contributed by atoms with Crippen molar-refractivity contribution >= 4 is 39.8 Å². The van der Waals surface area contributed by atoms with Crippen LogP contribution < -0.4 is 15.4 Å². The number of fused-ring (bicyclic) bond motifs is 2.